The third-order valence-electron chi connectivity index (χ3n) is 2.60. The molecule has 1 aliphatic rings. The molecule has 5 heteroatoms. The predicted molar refractivity (Wildman–Crippen MR) is 54.7 cm³/mol. The zero-order valence-corrected chi connectivity index (χ0v) is 8.73. The first-order valence-corrected chi connectivity index (χ1v) is 5.23. The van der Waals surface area contributed by atoms with Crippen LogP contribution in [0.3, 0.4) is 0 Å². The minimum atomic E-state index is -0.915. The summed E-state index contributed by atoms with van der Waals surface area (Å²) in [6.07, 6.45) is 3.87. The molecule has 15 heavy (non-hydrogen) atoms. The van der Waals surface area contributed by atoms with Gasteiger partial charge in [-0.25, -0.2) is 9.78 Å². The molecule has 2 rings (SSSR count). The number of carbonyl (C=O) groups is 1. The van der Waals surface area contributed by atoms with E-state index < -0.39 is 5.97 Å². The van der Waals surface area contributed by atoms with Crippen LogP contribution in [0.4, 0.5) is 0 Å². The first-order valence-electron chi connectivity index (χ1n) is 5.23. The molecule has 1 saturated carbocycles. The second kappa shape index (κ2) is 4.02. The lowest BCUT2D eigenvalue weighted by Gasteiger charge is -2.07. The van der Waals surface area contributed by atoms with E-state index in [-0.39, 0.29) is 5.69 Å². The molecule has 0 aromatic carbocycles. The van der Waals surface area contributed by atoms with Gasteiger partial charge in [0.05, 0.1) is 12.7 Å². The molecule has 5 nitrogen and oxygen atoms in total. The number of aromatic carboxylic acids is 1. The van der Waals surface area contributed by atoms with Gasteiger partial charge in [0.1, 0.15) is 11.5 Å². The second-order valence-electron chi connectivity index (χ2n) is 3.76. The van der Waals surface area contributed by atoms with E-state index in [1.54, 1.807) is 4.57 Å². The quantitative estimate of drug-likeness (QED) is 0.754. The first-order chi connectivity index (χ1) is 7.22. The van der Waals surface area contributed by atoms with Crippen molar-refractivity contribution in [1.82, 2.24) is 14.9 Å². The summed E-state index contributed by atoms with van der Waals surface area (Å²) in [6.45, 7) is 3.23. The van der Waals surface area contributed by atoms with Gasteiger partial charge in [-0.05, 0) is 19.8 Å². The summed E-state index contributed by atoms with van der Waals surface area (Å²) in [5, 5.41) is 12.2. The number of nitrogens with one attached hydrogen (secondary N) is 1. The van der Waals surface area contributed by atoms with Crippen LogP contribution in [0.25, 0.3) is 0 Å². The number of hydrogen-bond acceptors (Lipinski definition) is 3. The smallest absolute Gasteiger partial charge is 0.354 e. The van der Waals surface area contributed by atoms with E-state index in [1.165, 1.54) is 19.0 Å². The SMILES string of the molecule is CCn1c(C(=O)O)cnc1CNC1CC1. The van der Waals surface area contributed by atoms with Gasteiger partial charge in [-0.2, -0.15) is 0 Å². The van der Waals surface area contributed by atoms with E-state index in [1.807, 2.05) is 6.92 Å². The van der Waals surface area contributed by atoms with Gasteiger partial charge < -0.3 is 15.0 Å². The Bertz CT molecular complexity index is 369. The highest BCUT2D eigenvalue weighted by molar-refractivity contribution is 5.85. The molecule has 0 atom stereocenters. The van der Waals surface area contributed by atoms with Gasteiger partial charge in [-0.3, -0.25) is 0 Å². The number of imidazole rings is 1. The molecule has 0 aliphatic heterocycles. The summed E-state index contributed by atoms with van der Waals surface area (Å²) in [5.41, 5.74) is 0.269. The van der Waals surface area contributed by atoms with Crippen LogP contribution in [0, 0.1) is 0 Å². The molecule has 0 saturated heterocycles. The molecule has 0 bridgehead atoms. The fraction of sp³-hybridized carbons (Fsp3) is 0.600. The van der Waals surface area contributed by atoms with Crippen LogP contribution in [0.1, 0.15) is 36.1 Å². The van der Waals surface area contributed by atoms with Crippen molar-refractivity contribution in [3.05, 3.63) is 17.7 Å². The van der Waals surface area contributed by atoms with Crippen molar-refractivity contribution >= 4 is 5.97 Å². The van der Waals surface area contributed by atoms with Crippen LogP contribution in [0.15, 0.2) is 6.20 Å². The van der Waals surface area contributed by atoms with Crippen LogP contribution in [0.2, 0.25) is 0 Å². The van der Waals surface area contributed by atoms with E-state index in [2.05, 4.69) is 10.3 Å². The highest BCUT2D eigenvalue weighted by Crippen LogP contribution is 2.19. The Hall–Kier alpha value is -1.36. The maximum absolute atomic E-state index is 10.9. The van der Waals surface area contributed by atoms with Crippen molar-refractivity contribution in [2.45, 2.75) is 38.9 Å². The van der Waals surface area contributed by atoms with Gasteiger partial charge in [0.15, 0.2) is 0 Å². The van der Waals surface area contributed by atoms with Crippen LogP contribution >= 0.6 is 0 Å². The zero-order chi connectivity index (χ0) is 10.8. The standard InChI is InChI=1S/C10H15N3O2/c1-2-13-8(10(14)15)5-12-9(13)6-11-7-3-4-7/h5,7,11H,2-4,6H2,1H3,(H,14,15). The largest absolute Gasteiger partial charge is 0.477 e. The number of nitrogens with zero attached hydrogens (tertiary/aromatic N) is 2. The maximum atomic E-state index is 10.9. The van der Waals surface area contributed by atoms with E-state index in [0.717, 1.165) is 5.82 Å². The number of rotatable bonds is 5. The van der Waals surface area contributed by atoms with E-state index in [0.29, 0.717) is 19.1 Å². The van der Waals surface area contributed by atoms with E-state index in [4.69, 9.17) is 5.11 Å². The van der Waals surface area contributed by atoms with Crippen LogP contribution in [-0.4, -0.2) is 26.7 Å². The summed E-state index contributed by atoms with van der Waals surface area (Å²) in [4.78, 5) is 15.0. The average Bonchev–Trinajstić information content (AvgIpc) is 2.93. The van der Waals surface area contributed by atoms with Crippen molar-refractivity contribution in [1.29, 1.82) is 0 Å². The lowest BCUT2D eigenvalue weighted by Crippen LogP contribution is -2.20. The molecule has 1 aromatic heterocycles. The summed E-state index contributed by atoms with van der Waals surface area (Å²) in [6, 6.07) is 0.611. The Labute approximate surface area is 88.1 Å². The first kappa shape index (κ1) is 10.2. The average molecular weight is 209 g/mol. The van der Waals surface area contributed by atoms with Gasteiger partial charge in [0.25, 0.3) is 0 Å². The molecule has 0 spiro atoms. The maximum Gasteiger partial charge on any atom is 0.354 e. The van der Waals surface area contributed by atoms with Gasteiger partial charge >= 0.3 is 5.97 Å². The number of carboxylic acid groups (broad SMARTS) is 1. The molecule has 1 aliphatic carbocycles. The predicted octanol–water partition coefficient (Wildman–Crippen LogP) is 0.853. The summed E-state index contributed by atoms with van der Waals surface area (Å²) >= 11 is 0. The minimum Gasteiger partial charge on any atom is -0.477 e. The highest BCUT2D eigenvalue weighted by Gasteiger charge is 2.21. The lowest BCUT2D eigenvalue weighted by atomic mass is 10.4. The molecule has 1 heterocycles. The summed E-state index contributed by atoms with van der Waals surface area (Å²) in [7, 11) is 0. The molecule has 1 fully saturated rings. The van der Waals surface area contributed by atoms with Gasteiger partial charge in [-0.15, -0.1) is 0 Å². The Morgan fingerprint density at radius 1 is 1.73 bits per heavy atom. The van der Waals surface area contributed by atoms with Crippen molar-refractivity contribution in [2.75, 3.05) is 0 Å². The molecule has 82 valence electrons. The fourth-order valence-electron chi connectivity index (χ4n) is 1.60. The third kappa shape index (κ3) is 2.18. The summed E-state index contributed by atoms with van der Waals surface area (Å²) in [5.74, 6) is -0.108. The molecule has 2 N–H and O–H groups in total. The minimum absolute atomic E-state index is 0.269. The van der Waals surface area contributed by atoms with Crippen LogP contribution in [-0.2, 0) is 13.1 Å². The van der Waals surface area contributed by atoms with E-state index >= 15 is 0 Å². The van der Waals surface area contributed by atoms with Crippen molar-refractivity contribution in [3.63, 3.8) is 0 Å². The monoisotopic (exact) mass is 209 g/mol. The third-order valence-corrected chi connectivity index (χ3v) is 2.60. The topological polar surface area (TPSA) is 67.2 Å². The van der Waals surface area contributed by atoms with Crippen LogP contribution < -0.4 is 5.32 Å². The summed E-state index contributed by atoms with van der Waals surface area (Å²) < 4.78 is 1.73. The Morgan fingerprint density at radius 3 is 3.00 bits per heavy atom. The van der Waals surface area contributed by atoms with Gasteiger partial charge in [0.2, 0.25) is 0 Å². The molecular weight excluding hydrogens is 194 g/mol. The second-order valence-corrected chi connectivity index (χ2v) is 3.76. The molecule has 0 unspecified atom stereocenters. The van der Waals surface area contributed by atoms with Crippen molar-refractivity contribution in [3.8, 4) is 0 Å². The van der Waals surface area contributed by atoms with Crippen molar-refractivity contribution in [2.24, 2.45) is 0 Å². The Balaban J connectivity index is 2.11. The van der Waals surface area contributed by atoms with Crippen LogP contribution in [0.5, 0.6) is 0 Å². The lowest BCUT2D eigenvalue weighted by molar-refractivity contribution is 0.0685. The number of carboxylic acids is 1. The fourth-order valence-corrected chi connectivity index (χ4v) is 1.60. The number of aromatic nitrogens is 2. The van der Waals surface area contributed by atoms with Crippen molar-refractivity contribution < 1.29 is 9.90 Å². The Morgan fingerprint density at radius 2 is 2.47 bits per heavy atom. The Kier molecular flexibility index (Phi) is 2.73. The highest BCUT2D eigenvalue weighted by atomic mass is 16.4. The molecule has 0 radical (unpaired) electrons. The van der Waals surface area contributed by atoms with E-state index in [9.17, 15) is 4.79 Å². The molecular formula is C10H15N3O2. The van der Waals surface area contributed by atoms with Gasteiger partial charge in [-0.1, -0.05) is 0 Å². The molecule has 0 amide bonds. The molecule has 1 aromatic rings. The number of hydrogen-bond donors (Lipinski definition) is 2. The zero-order valence-electron chi connectivity index (χ0n) is 8.73. The normalized spacial score (nSPS) is 15.5. The van der Waals surface area contributed by atoms with Gasteiger partial charge in [0, 0.05) is 12.6 Å².